The maximum Gasteiger partial charge on any atom is 0.253 e. The van der Waals surface area contributed by atoms with Gasteiger partial charge in [-0.25, -0.2) is 8.78 Å². The number of aromatic nitrogens is 1. The van der Waals surface area contributed by atoms with Gasteiger partial charge in [-0.1, -0.05) is 32.1 Å². The van der Waals surface area contributed by atoms with E-state index in [1.807, 2.05) is 11.5 Å². The number of nitrogens with one attached hydrogen (secondary N) is 1. The van der Waals surface area contributed by atoms with Gasteiger partial charge in [0.1, 0.15) is 11.6 Å². The lowest BCUT2D eigenvalue weighted by molar-refractivity contribution is 0.0716. The summed E-state index contributed by atoms with van der Waals surface area (Å²) in [6.45, 7) is 2.61. The smallest absolute Gasteiger partial charge is 0.253 e. The zero-order valence-electron chi connectivity index (χ0n) is 18.2. The zero-order valence-corrected chi connectivity index (χ0v) is 18.2. The molecule has 2 N–H and O–H groups in total. The fourth-order valence-electron chi connectivity index (χ4n) is 5.18. The molecule has 0 saturated heterocycles. The second-order valence-corrected chi connectivity index (χ2v) is 9.20. The van der Waals surface area contributed by atoms with Crippen LogP contribution in [0.5, 0.6) is 0 Å². The van der Waals surface area contributed by atoms with Crippen LogP contribution in [0.4, 0.5) is 8.78 Å². The molecular weight excluding hydrogens is 398 g/mol. The lowest BCUT2D eigenvalue weighted by atomic mass is 9.89. The van der Waals surface area contributed by atoms with Crippen molar-refractivity contribution in [1.29, 1.82) is 0 Å². The molecule has 0 radical (unpaired) electrons. The number of halogens is 2. The number of benzene rings is 1. The van der Waals surface area contributed by atoms with Gasteiger partial charge in [-0.05, 0) is 56.7 Å². The molecule has 2 aromatic rings. The topological polar surface area (TPSA) is 54.3 Å². The first kappa shape index (κ1) is 22.0. The molecule has 1 aromatic carbocycles. The molecule has 2 unspecified atom stereocenters. The van der Waals surface area contributed by atoms with Gasteiger partial charge in [-0.15, -0.1) is 0 Å². The van der Waals surface area contributed by atoms with Gasteiger partial charge in [0.05, 0.1) is 23.4 Å². The summed E-state index contributed by atoms with van der Waals surface area (Å²) in [5, 5.41) is 13.2. The van der Waals surface area contributed by atoms with Gasteiger partial charge in [-0.2, -0.15) is 0 Å². The van der Waals surface area contributed by atoms with E-state index >= 15 is 0 Å². The average molecular weight is 431 g/mol. The summed E-state index contributed by atoms with van der Waals surface area (Å²) in [5.74, 6) is -1.00. The molecule has 2 saturated carbocycles. The van der Waals surface area contributed by atoms with Crippen molar-refractivity contribution in [2.45, 2.75) is 83.4 Å². The summed E-state index contributed by atoms with van der Waals surface area (Å²) in [7, 11) is 0. The Bertz CT molecular complexity index is 934. The summed E-state index contributed by atoms with van der Waals surface area (Å²) in [4.78, 5) is 13.1. The van der Waals surface area contributed by atoms with Crippen molar-refractivity contribution in [2.24, 2.45) is 5.92 Å². The summed E-state index contributed by atoms with van der Waals surface area (Å²) >= 11 is 0. The van der Waals surface area contributed by atoms with Gasteiger partial charge in [0.2, 0.25) is 0 Å². The lowest BCUT2D eigenvalue weighted by Crippen LogP contribution is -2.45. The summed E-state index contributed by atoms with van der Waals surface area (Å²) in [6.07, 6.45) is 8.75. The van der Waals surface area contributed by atoms with Crippen LogP contribution in [0.25, 0.3) is 11.3 Å². The molecule has 1 amide bonds. The monoisotopic (exact) mass is 430 g/mol. The number of aliphatic hydroxyl groups is 1. The minimum Gasteiger partial charge on any atom is -0.391 e. The highest BCUT2D eigenvalue weighted by atomic mass is 19.1. The number of hydrogen-bond acceptors (Lipinski definition) is 2. The molecule has 0 spiro atoms. The number of hydrogen-bond donors (Lipinski definition) is 2. The maximum atomic E-state index is 14.7. The van der Waals surface area contributed by atoms with E-state index in [-0.39, 0.29) is 11.9 Å². The molecule has 168 valence electrons. The van der Waals surface area contributed by atoms with Gasteiger partial charge in [0.25, 0.3) is 5.91 Å². The molecule has 31 heavy (non-hydrogen) atoms. The van der Waals surface area contributed by atoms with Crippen LogP contribution in [-0.2, 0) is 6.54 Å². The molecule has 0 aliphatic heterocycles. The van der Waals surface area contributed by atoms with Crippen LogP contribution >= 0.6 is 0 Å². The summed E-state index contributed by atoms with van der Waals surface area (Å²) in [5.41, 5.74) is 2.19. The van der Waals surface area contributed by atoms with Crippen LogP contribution < -0.4 is 5.32 Å². The van der Waals surface area contributed by atoms with E-state index < -0.39 is 17.7 Å². The Morgan fingerprint density at radius 2 is 1.77 bits per heavy atom. The summed E-state index contributed by atoms with van der Waals surface area (Å²) in [6, 6.07) is 5.06. The molecule has 0 bridgehead atoms. The number of carbonyl (C=O) groups excluding carboxylic acids is 1. The van der Waals surface area contributed by atoms with Crippen molar-refractivity contribution in [3.63, 3.8) is 0 Å². The molecule has 4 rings (SSSR count). The van der Waals surface area contributed by atoms with Gasteiger partial charge >= 0.3 is 0 Å². The quantitative estimate of drug-likeness (QED) is 0.671. The third-order valence-corrected chi connectivity index (χ3v) is 7.03. The molecule has 1 heterocycles. The second kappa shape index (κ2) is 9.51. The normalized spacial score (nSPS) is 22.5. The van der Waals surface area contributed by atoms with E-state index in [0.717, 1.165) is 50.4 Å². The first-order valence-electron chi connectivity index (χ1n) is 11.6. The first-order chi connectivity index (χ1) is 14.9. The van der Waals surface area contributed by atoms with Crippen LogP contribution in [0.1, 0.15) is 73.8 Å². The Hall–Kier alpha value is -2.21. The molecular formula is C25H32F2N2O2. The number of amides is 1. The van der Waals surface area contributed by atoms with E-state index in [1.165, 1.54) is 31.4 Å². The number of aliphatic hydroxyl groups excluding tert-OH is 1. The molecule has 2 fully saturated rings. The minimum atomic E-state index is -0.628. The van der Waals surface area contributed by atoms with E-state index in [0.29, 0.717) is 29.2 Å². The van der Waals surface area contributed by atoms with Crippen molar-refractivity contribution in [1.82, 2.24) is 9.88 Å². The predicted octanol–water partition coefficient (Wildman–Crippen LogP) is 5.36. The number of carbonyl (C=O) groups is 1. The fourth-order valence-corrected chi connectivity index (χ4v) is 5.18. The predicted molar refractivity (Wildman–Crippen MR) is 117 cm³/mol. The van der Waals surface area contributed by atoms with Crippen molar-refractivity contribution in [3.8, 4) is 11.3 Å². The summed E-state index contributed by atoms with van der Waals surface area (Å²) < 4.78 is 30.2. The Morgan fingerprint density at radius 1 is 1.06 bits per heavy atom. The van der Waals surface area contributed by atoms with Gasteiger partial charge in [0, 0.05) is 23.9 Å². The van der Waals surface area contributed by atoms with Gasteiger partial charge in [-0.3, -0.25) is 4.79 Å². The van der Waals surface area contributed by atoms with Crippen molar-refractivity contribution in [3.05, 3.63) is 47.2 Å². The Labute approximate surface area is 182 Å². The standard InChI is InChI=1S/C25H32F2N2O2/c1-16-20(25(31)28-22-9-5-6-10-24(22)30)14-23(19-12-11-18(26)13-21(19)27)29(16)15-17-7-3-2-4-8-17/h11-14,17,22,24,30H,2-10,15H2,1H3,(H,28,31). The van der Waals surface area contributed by atoms with E-state index in [2.05, 4.69) is 5.32 Å². The van der Waals surface area contributed by atoms with Gasteiger partial charge < -0.3 is 15.0 Å². The van der Waals surface area contributed by atoms with Crippen molar-refractivity contribution >= 4 is 5.91 Å². The second-order valence-electron chi connectivity index (χ2n) is 9.20. The molecule has 2 aliphatic rings. The SMILES string of the molecule is Cc1c(C(=O)NC2CCCCC2O)cc(-c2ccc(F)cc2F)n1CC1CCCCC1. The minimum absolute atomic E-state index is 0.241. The van der Waals surface area contributed by atoms with E-state index in [4.69, 9.17) is 0 Å². The molecule has 6 heteroatoms. The van der Waals surface area contributed by atoms with Crippen molar-refractivity contribution < 1.29 is 18.7 Å². The number of nitrogens with zero attached hydrogens (tertiary/aromatic N) is 1. The Balaban J connectivity index is 1.67. The molecule has 2 aliphatic carbocycles. The third kappa shape index (κ3) is 4.84. The Morgan fingerprint density at radius 3 is 2.48 bits per heavy atom. The highest BCUT2D eigenvalue weighted by molar-refractivity contribution is 5.97. The zero-order chi connectivity index (χ0) is 22.0. The molecule has 1 aromatic heterocycles. The van der Waals surface area contributed by atoms with Crippen LogP contribution in [-0.4, -0.2) is 27.7 Å². The van der Waals surface area contributed by atoms with Crippen LogP contribution in [0, 0.1) is 24.5 Å². The largest absolute Gasteiger partial charge is 0.391 e. The lowest BCUT2D eigenvalue weighted by Gasteiger charge is -2.28. The average Bonchev–Trinajstić information content (AvgIpc) is 3.07. The van der Waals surface area contributed by atoms with Crippen LogP contribution in [0.2, 0.25) is 0 Å². The first-order valence-corrected chi connectivity index (χ1v) is 11.6. The van der Waals surface area contributed by atoms with E-state index in [9.17, 15) is 18.7 Å². The fraction of sp³-hybridized carbons (Fsp3) is 0.560. The number of rotatable bonds is 5. The van der Waals surface area contributed by atoms with Crippen molar-refractivity contribution in [2.75, 3.05) is 0 Å². The maximum absolute atomic E-state index is 14.7. The highest BCUT2D eigenvalue weighted by Crippen LogP contribution is 2.33. The third-order valence-electron chi connectivity index (χ3n) is 7.03. The van der Waals surface area contributed by atoms with Gasteiger partial charge in [0.15, 0.2) is 0 Å². The van der Waals surface area contributed by atoms with Crippen LogP contribution in [0.3, 0.4) is 0 Å². The van der Waals surface area contributed by atoms with E-state index in [1.54, 1.807) is 6.07 Å². The van der Waals surface area contributed by atoms with Crippen LogP contribution in [0.15, 0.2) is 24.3 Å². The Kier molecular flexibility index (Phi) is 6.75. The molecule has 2 atom stereocenters. The highest BCUT2D eigenvalue weighted by Gasteiger charge is 2.28. The molecule has 4 nitrogen and oxygen atoms in total.